The van der Waals surface area contributed by atoms with E-state index in [1.807, 2.05) is 43.0 Å². The van der Waals surface area contributed by atoms with Gasteiger partial charge in [0.05, 0.1) is 5.92 Å². The molecular weight excluding hydrogens is 232 g/mol. The molecule has 0 bridgehead atoms. The van der Waals surface area contributed by atoms with Gasteiger partial charge in [0, 0.05) is 0 Å². The molecule has 0 spiro atoms. The Bertz CT molecular complexity index is 397. The summed E-state index contributed by atoms with van der Waals surface area (Å²) < 4.78 is 0. The number of hydrogen-bond acceptors (Lipinski definition) is 2. The fourth-order valence-corrected chi connectivity index (χ4v) is 3.75. The molecule has 17 heavy (non-hydrogen) atoms. The summed E-state index contributed by atoms with van der Waals surface area (Å²) in [5.74, 6) is 1.44. The standard InChI is InChI=1S/C14H18O2S/c1-10-5-2-3-7-12(10)13(14(15)16)11-6-4-8-17-9-11/h2-3,5,7,11,13H,4,6,8-9H2,1H3,(H,15,16). The normalized spacial score (nSPS) is 22.1. The first kappa shape index (κ1) is 12.5. The lowest BCUT2D eigenvalue weighted by Gasteiger charge is -2.28. The van der Waals surface area contributed by atoms with E-state index < -0.39 is 5.97 Å². The zero-order valence-electron chi connectivity index (χ0n) is 10.1. The van der Waals surface area contributed by atoms with E-state index in [0.717, 1.165) is 29.7 Å². The third-order valence-electron chi connectivity index (χ3n) is 3.46. The Kier molecular flexibility index (Phi) is 4.11. The SMILES string of the molecule is Cc1ccccc1C(C(=O)O)C1CCCSC1. The molecule has 2 atom stereocenters. The third-order valence-corrected chi connectivity index (χ3v) is 4.70. The molecule has 3 heteroatoms. The quantitative estimate of drug-likeness (QED) is 0.894. The molecule has 0 aromatic heterocycles. The van der Waals surface area contributed by atoms with Gasteiger partial charge in [-0.15, -0.1) is 0 Å². The van der Waals surface area contributed by atoms with Gasteiger partial charge in [-0.05, 0) is 48.3 Å². The molecular formula is C14H18O2S. The predicted octanol–water partition coefficient (Wildman–Crippen LogP) is 3.31. The maximum atomic E-state index is 11.5. The van der Waals surface area contributed by atoms with E-state index in [0.29, 0.717) is 0 Å². The van der Waals surface area contributed by atoms with Crippen molar-refractivity contribution in [1.29, 1.82) is 0 Å². The van der Waals surface area contributed by atoms with Crippen molar-refractivity contribution < 1.29 is 9.90 Å². The van der Waals surface area contributed by atoms with Crippen molar-refractivity contribution in [3.8, 4) is 0 Å². The van der Waals surface area contributed by atoms with Crippen molar-refractivity contribution in [2.45, 2.75) is 25.7 Å². The molecule has 0 radical (unpaired) electrons. The number of hydrogen-bond donors (Lipinski definition) is 1. The Morgan fingerprint density at radius 3 is 2.82 bits per heavy atom. The smallest absolute Gasteiger partial charge is 0.311 e. The first-order valence-electron chi connectivity index (χ1n) is 6.06. The summed E-state index contributed by atoms with van der Waals surface area (Å²) in [6.07, 6.45) is 2.18. The molecule has 2 nitrogen and oxygen atoms in total. The van der Waals surface area contributed by atoms with Gasteiger partial charge in [0.2, 0.25) is 0 Å². The molecule has 0 aliphatic carbocycles. The van der Waals surface area contributed by atoms with Crippen LogP contribution in [0.4, 0.5) is 0 Å². The molecule has 1 aromatic carbocycles. The Morgan fingerprint density at radius 2 is 2.24 bits per heavy atom. The van der Waals surface area contributed by atoms with Crippen molar-refractivity contribution in [2.24, 2.45) is 5.92 Å². The number of benzene rings is 1. The van der Waals surface area contributed by atoms with Crippen molar-refractivity contribution in [3.63, 3.8) is 0 Å². The zero-order valence-corrected chi connectivity index (χ0v) is 10.9. The van der Waals surface area contributed by atoms with Crippen LogP contribution in [-0.4, -0.2) is 22.6 Å². The lowest BCUT2D eigenvalue weighted by Crippen LogP contribution is -2.26. The van der Waals surface area contributed by atoms with E-state index in [2.05, 4.69) is 0 Å². The summed E-state index contributed by atoms with van der Waals surface area (Å²) in [5, 5.41) is 9.49. The minimum atomic E-state index is -0.674. The molecule has 0 saturated carbocycles. The van der Waals surface area contributed by atoms with E-state index in [-0.39, 0.29) is 11.8 Å². The first-order chi connectivity index (χ1) is 8.20. The molecule has 1 saturated heterocycles. The summed E-state index contributed by atoms with van der Waals surface area (Å²) in [7, 11) is 0. The van der Waals surface area contributed by atoms with Gasteiger partial charge in [-0.25, -0.2) is 0 Å². The Hall–Kier alpha value is -0.960. The van der Waals surface area contributed by atoms with E-state index in [1.165, 1.54) is 5.75 Å². The van der Waals surface area contributed by atoms with Gasteiger partial charge in [0.15, 0.2) is 0 Å². The maximum Gasteiger partial charge on any atom is 0.311 e. The number of carboxylic acids is 1. The summed E-state index contributed by atoms with van der Waals surface area (Å²) in [4.78, 5) is 11.5. The summed E-state index contributed by atoms with van der Waals surface area (Å²) in [5.41, 5.74) is 2.09. The van der Waals surface area contributed by atoms with Gasteiger partial charge in [-0.2, -0.15) is 11.8 Å². The van der Waals surface area contributed by atoms with Crippen LogP contribution in [0.3, 0.4) is 0 Å². The molecule has 1 heterocycles. The molecule has 2 rings (SSSR count). The Morgan fingerprint density at radius 1 is 1.47 bits per heavy atom. The van der Waals surface area contributed by atoms with Gasteiger partial charge >= 0.3 is 5.97 Å². The van der Waals surface area contributed by atoms with Crippen LogP contribution in [-0.2, 0) is 4.79 Å². The molecule has 1 fully saturated rings. The van der Waals surface area contributed by atoms with Crippen LogP contribution in [0.25, 0.3) is 0 Å². The maximum absolute atomic E-state index is 11.5. The van der Waals surface area contributed by atoms with E-state index in [1.54, 1.807) is 0 Å². The number of thioether (sulfide) groups is 1. The van der Waals surface area contributed by atoms with Gasteiger partial charge in [0.25, 0.3) is 0 Å². The monoisotopic (exact) mass is 250 g/mol. The largest absolute Gasteiger partial charge is 0.481 e. The average Bonchev–Trinajstić information content (AvgIpc) is 2.33. The second kappa shape index (κ2) is 5.58. The second-order valence-corrected chi connectivity index (χ2v) is 5.80. The molecule has 2 unspecified atom stereocenters. The molecule has 1 aliphatic rings. The highest BCUT2D eigenvalue weighted by Gasteiger charge is 2.31. The fraction of sp³-hybridized carbons (Fsp3) is 0.500. The summed E-state index contributed by atoms with van der Waals surface area (Å²) >= 11 is 1.89. The molecule has 1 aromatic rings. The summed E-state index contributed by atoms with van der Waals surface area (Å²) in [6, 6.07) is 7.87. The highest BCUT2D eigenvalue weighted by atomic mass is 32.2. The first-order valence-corrected chi connectivity index (χ1v) is 7.21. The van der Waals surface area contributed by atoms with Gasteiger partial charge in [-0.1, -0.05) is 24.3 Å². The lowest BCUT2D eigenvalue weighted by atomic mass is 9.82. The molecule has 1 aliphatic heterocycles. The predicted molar refractivity (Wildman–Crippen MR) is 71.6 cm³/mol. The van der Waals surface area contributed by atoms with Crippen molar-refractivity contribution >= 4 is 17.7 Å². The van der Waals surface area contributed by atoms with Crippen LogP contribution in [0.15, 0.2) is 24.3 Å². The highest BCUT2D eigenvalue weighted by Crippen LogP contribution is 2.36. The number of aliphatic carboxylic acids is 1. The lowest BCUT2D eigenvalue weighted by molar-refractivity contribution is -0.140. The molecule has 92 valence electrons. The second-order valence-electron chi connectivity index (χ2n) is 4.65. The number of carbonyl (C=O) groups is 1. The Balaban J connectivity index is 2.28. The van der Waals surface area contributed by atoms with Crippen LogP contribution >= 0.6 is 11.8 Å². The number of rotatable bonds is 3. The van der Waals surface area contributed by atoms with Crippen LogP contribution in [0.1, 0.15) is 29.9 Å². The number of carboxylic acid groups (broad SMARTS) is 1. The fourth-order valence-electron chi connectivity index (χ4n) is 2.55. The minimum absolute atomic E-state index is 0.285. The van der Waals surface area contributed by atoms with Crippen molar-refractivity contribution in [3.05, 3.63) is 35.4 Å². The van der Waals surface area contributed by atoms with Crippen molar-refractivity contribution in [1.82, 2.24) is 0 Å². The van der Waals surface area contributed by atoms with Crippen LogP contribution < -0.4 is 0 Å². The average molecular weight is 250 g/mol. The van der Waals surface area contributed by atoms with Gasteiger partial charge in [-0.3, -0.25) is 4.79 Å². The van der Waals surface area contributed by atoms with Crippen molar-refractivity contribution in [2.75, 3.05) is 11.5 Å². The van der Waals surface area contributed by atoms with E-state index in [4.69, 9.17) is 0 Å². The van der Waals surface area contributed by atoms with E-state index in [9.17, 15) is 9.90 Å². The van der Waals surface area contributed by atoms with Crippen LogP contribution in [0, 0.1) is 12.8 Å². The third kappa shape index (κ3) is 2.83. The highest BCUT2D eigenvalue weighted by molar-refractivity contribution is 7.99. The topological polar surface area (TPSA) is 37.3 Å². The van der Waals surface area contributed by atoms with Gasteiger partial charge < -0.3 is 5.11 Å². The molecule has 1 N–H and O–H groups in total. The Labute approximate surface area is 106 Å². The summed E-state index contributed by atoms with van der Waals surface area (Å²) in [6.45, 7) is 2.00. The minimum Gasteiger partial charge on any atom is -0.481 e. The zero-order chi connectivity index (χ0) is 12.3. The van der Waals surface area contributed by atoms with Gasteiger partial charge in [0.1, 0.15) is 0 Å². The van der Waals surface area contributed by atoms with Crippen LogP contribution in [0.5, 0.6) is 0 Å². The van der Waals surface area contributed by atoms with Crippen LogP contribution in [0.2, 0.25) is 0 Å². The van der Waals surface area contributed by atoms with E-state index >= 15 is 0 Å². The number of aryl methyl sites for hydroxylation is 1. The molecule has 0 amide bonds.